The van der Waals surface area contributed by atoms with Crippen molar-refractivity contribution >= 4 is 23.1 Å². The summed E-state index contributed by atoms with van der Waals surface area (Å²) in [5.41, 5.74) is 2.43. The molecule has 0 fully saturated rings. The third-order valence-corrected chi connectivity index (χ3v) is 3.67. The van der Waals surface area contributed by atoms with E-state index in [2.05, 4.69) is 11.8 Å². The second-order valence-electron chi connectivity index (χ2n) is 4.80. The minimum atomic E-state index is -0.814. The summed E-state index contributed by atoms with van der Waals surface area (Å²) < 4.78 is 0. The molecule has 4 heteroatoms. The Kier molecular flexibility index (Phi) is 4.61. The highest BCUT2D eigenvalue weighted by atomic mass is 35.5. The van der Waals surface area contributed by atoms with E-state index in [0.29, 0.717) is 17.1 Å². The SMILES string of the molecule is CCCN1CCC(c2ccc(Cl)cc2)=C(C(=O)O)C1. The Hall–Kier alpha value is -1.32. The van der Waals surface area contributed by atoms with E-state index < -0.39 is 5.97 Å². The molecule has 3 nitrogen and oxygen atoms in total. The lowest BCUT2D eigenvalue weighted by Gasteiger charge is -2.29. The van der Waals surface area contributed by atoms with Crippen LogP contribution in [0.5, 0.6) is 0 Å². The van der Waals surface area contributed by atoms with Crippen molar-refractivity contribution in [1.29, 1.82) is 0 Å². The first-order valence-corrected chi connectivity index (χ1v) is 6.93. The summed E-state index contributed by atoms with van der Waals surface area (Å²) in [4.78, 5) is 13.6. The zero-order valence-electron chi connectivity index (χ0n) is 11.0. The third-order valence-electron chi connectivity index (χ3n) is 3.41. The minimum Gasteiger partial charge on any atom is -0.478 e. The van der Waals surface area contributed by atoms with Crippen molar-refractivity contribution in [2.45, 2.75) is 19.8 Å². The lowest BCUT2D eigenvalue weighted by molar-refractivity contribution is -0.133. The summed E-state index contributed by atoms with van der Waals surface area (Å²) in [6.45, 7) is 4.51. The van der Waals surface area contributed by atoms with E-state index in [1.165, 1.54) is 0 Å². The van der Waals surface area contributed by atoms with Crippen LogP contribution < -0.4 is 0 Å². The molecule has 1 N–H and O–H groups in total. The molecule has 19 heavy (non-hydrogen) atoms. The summed E-state index contributed by atoms with van der Waals surface area (Å²) in [7, 11) is 0. The second-order valence-corrected chi connectivity index (χ2v) is 5.23. The average Bonchev–Trinajstić information content (AvgIpc) is 2.40. The molecule has 1 aromatic rings. The van der Waals surface area contributed by atoms with Crippen molar-refractivity contribution in [2.24, 2.45) is 0 Å². The lowest BCUT2D eigenvalue weighted by atomic mass is 9.93. The van der Waals surface area contributed by atoms with Gasteiger partial charge in [0.15, 0.2) is 0 Å². The molecule has 1 heterocycles. The van der Waals surface area contributed by atoms with E-state index in [1.807, 2.05) is 24.3 Å². The number of hydrogen-bond acceptors (Lipinski definition) is 2. The zero-order chi connectivity index (χ0) is 13.8. The number of carboxylic acid groups (broad SMARTS) is 1. The summed E-state index contributed by atoms with van der Waals surface area (Å²) in [6, 6.07) is 7.41. The van der Waals surface area contributed by atoms with E-state index in [0.717, 1.165) is 37.1 Å². The number of rotatable bonds is 4. The van der Waals surface area contributed by atoms with Crippen molar-refractivity contribution in [3.8, 4) is 0 Å². The molecule has 0 aromatic heterocycles. The Morgan fingerprint density at radius 3 is 2.63 bits per heavy atom. The van der Waals surface area contributed by atoms with Crippen LogP contribution in [0.3, 0.4) is 0 Å². The quantitative estimate of drug-likeness (QED) is 0.919. The van der Waals surface area contributed by atoms with E-state index in [9.17, 15) is 9.90 Å². The maximum atomic E-state index is 11.4. The Bertz CT molecular complexity index is 493. The van der Waals surface area contributed by atoms with Gasteiger partial charge in [-0.05, 0) is 42.7 Å². The van der Waals surface area contributed by atoms with Gasteiger partial charge in [0.05, 0.1) is 5.57 Å². The largest absolute Gasteiger partial charge is 0.478 e. The molecule has 0 spiro atoms. The van der Waals surface area contributed by atoms with Crippen molar-refractivity contribution in [2.75, 3.05) is 19.6 Å². The smallest absolute Gasteiger partial charge is 0.333 e. The molecule has 0 radical (unpaired) electrons. The molecule has 1 aliphatic heterocycles. The van der Waals surface area contributed by atoms with Crippen molar-refractivity contribution in [1.82, 2.24) is 4.90 Å². The van der Waals surface area contributed by atoms with Gasteiger partial charge in [-0.1, -0.05) is 30.7 Å². The number of nitrogens with zero attached hydrogens (tertiary/aromatic N) is 1. The molecule has 0 bridgehead atoms. The predicted molar refractivity (Wildman–Crippen MR) is 77.4 cm³/mol. The number of carbonyl (C=O) groups is 1. The molecule has 0 saturated carbocycles. The lowest BCUT2D eigenvalue weighted by Crippen LogP contribution is -2.34. The number of aliphatic carboxylic acids is 1. The Balaban J connectivity index is 2.32. The van der Waals surface area contributed by atoms with Crippen LogP contribution in [0.2, 0.25) is 5.02 Å². The van der Waals surface area contributed by atoms with Gasteiger partial charge < -0.3 is 5.11 Å². The van der Waals surface area contributed by atoms with Gasteiger partial charge in [-0.2, -0.15) is 0 Å². The molecule has 0 unspecified atom stereocenters. The highest BCUT2D eigenvalue weighted by Gasteiger charge is 2.23. The molecule has 0 aliphatic carbocycles. The molecule has 1 aliphatic rings. The fourth-order valence-corrected chi connectivity index (χ4v) is 2.62. The predicted octanol–water partition coefficient (Wildman–Crippen LogP) is 3.29. The normalized spacial score (nSPS) is 16.7. The number of hydrogen-bond donors (Lipinski definition) is 1. The first kappa shape index (κ1) is 14.1. The van der Waals surface area contributed by atoms with Crippen LogP contribution in [0.1, 0.15) is 25.3 Å². The van der Waals surface area contributed by atoms with Crippen LogP contribution in [0.15, 0.2) is 29.8 Å². The summed E-state index contributed by atoms with van der Waals surface area (Å²) in [5, 5.41) is 10.1. The molecule has 0 atom stereocenters. The highest BCUT2D eigenvalue weighted by Crippen LogP contribution is 2.28. The van der Waals surface area contributed by atoms with Crippen molar-refractivity contribution in [3.63, 3.8) is 0 Å². The number of halogens is 1. The van der Waals surface area contributed by atoms with Gasteiger partial charge in [-0.15, -0.1) is 0 Å². The van der Waals surface area contributed by atoms with Gasteiger partial charge in [0.25, 0.3) is 0 Å². The van der Waals surface area contributed by atoms with Gasteiger partial charge in [0, 0.05) is 18.1 Å². The molecule has 1 aromatic carbocycles. The van der Waals surface area contributed by atoms with Gasteiger partial charge >= 0.3 is 5.97 Å². The fraction of sp³-hybridized carbons (Fsp3) is 0.400. The van der Waals surface area contributed by atoms with Crippen molar-refractivity contribution in [3.05, 3.63) is 40.4 Å². The van der Waals surface area contributed by atoms with Crippen LogP contribution in [0.4, 0.5) is 0 Å². The zero-order valence-corrected chi connectivity index (χ0v) is 11.8. The highest BCUT2D eigenvalue weighted by molar-refractivity contribution is 6.30. The monoisotopic (exact) mass is 279 g/mol. The summed E-state index contributed by atoms with van der Waals surface area (Å²) >= 11 is 5.87. The van der Waals surface area contributed by atoms with Gasteiger partial charge in [-0.3, -0.25) is 4.90 Å². The topological polar surface area (TPSA) is 40.5 Å². The number of carboxylic acids is 1. The molecular formula is C15H18ClNO2. The minimum absolute atomic E-state index is 0.516. The van der Waals surface area contributed by atoms with E-state index >= 15 is 0 Å². The fourth-order valence-electron chi connectivity index (χ4n) is 2.49. The van der Waals surface area contributed by atoms with Crippen LogP contribution in [-0.2, 0) is 4.79 Å². The van der Waals surface area contributed by atoms with Gasteiger partial charge in [0.1, 0.15) is 0 Å². The molecule has 2 rings (SSSR count). The van der Waals surface area contributed by atoms with E-state index in [-0.39, 0.29) is 0 Å². The average molecular weight is 280 g/mol. The first-order chi connectivity index (χ1) is 9.11. The molecule has 102 valence electrons. The van der Waals surface area contributed by atoms with Crippen LogP contribution in [0.25, 0.3) is 5.57 Å². The Morgan fingerprint density at radius 2 is 2.05 bits per heavy atom. The summed E-state index contributed by atoms with van der Waals surface area (Å²) in [5.74, 6) is -0.814. The third kappa shape index (κ3) is 3.37. The van der Waals surface area contributed by atoms with Crippen LogP contribution in [0, 0.1) is 0 Å². The van der Waals surface area contributed by atoms with E-state index in [4.69, 9.17) is 11.6 Å². The molecule has 0 saturated heterocycles. The molecular weight excluding hydrogens is 262 g/mol. The van der Waals surface area contributed by atoms with E-state index in [1.54, 1.807) is 0 Å². The van der Waals surface area contributed by atoms with Crippen molar-refractivity contribution < 1.29 is 9.90 Å². The maximum Gasteiger partial charge on any atom is 0.333 e. The standard InChI is InChI=1S/C15H18ClNO2/c1-2-8-17-9-7-13(14(10-17)15(18)19)11-3-5-12(16)6-4-11/h3-6H,2,7-10H2,1H3,(H,18,19). The van der Waals surface area contributed by atoms with Gasteiger partial charge in [-0.25, -0.2) is 4.79 Å². The number of benzene rings is 1. The van der Waals surface area contributed by atoms with Crippen LogP contribution >= 0.6 is 11.6 Å². The Morgan fingerprint density at radius 1 is 1.37 bits per heavy atom. The molecule has 0 amide bonds. The van der Waals surface area contributed by atoms with Gasteiger partial charge in [0.2, 0.25) is 0 Å². The van der Waals surface area contributed by atoms with Crippen LogP contribution in [-0.4, -0.2) is 35.6 Å². The Labute approximate surface area is 118 Å². The summed E-state index contributed by atoms with van der Waals surface area (Å²) in [6.07, 6.45) is 1.83. The maximum absolute atomic E-state index is 11.4. The first-order valence-electron chi connectivity index (χ1n) is 6.55. The second kappa shape index (κ2) is 6.22.